The van der Waals surface area contributed by atoms with Crippen LogP contribution in [-0.2, 0) is 4.79 Å². The highest BCUT2D eigenvalue weighted by atomic mass is 16.5. The number of aromatic nitrogens is 3. The molecule has 4 heterocycles. The van der Waals surface area contributed by atoms with E-state index in [1.807, 2.05) is 6.07 Å². The first kappa shape index (κ1) is 22.7. The van der Waals surface area contributed by atoms with E-state index in [1.165, 1.54) is 18.4 Å². The highest BCUT2D eigenvalue weighted by Crippen LogP contribution is 2.42. The number of nitrogens with one attached hydrogen (secondary N) is 1. The maximum Gasteiger partial charge on any atom is 0.231 e. The number of likely N-dealkylation sites (tertiary alicyclic amines) is 1. The highest BCUT2D eigenvalue weighted by Gasteiger charge is 2.25. The Morgan fingerprint density at radius 1 is 1.14 bits per heavy atom. The number of amides is 1. The van der Waals surface area contributed by atoms with Crippen molar-refractivity contribution in [1.29, 1.82) is 5.26 Å². The van der Waals surface area contributed by atoms with Gasteiger partial charge in [0.2, 0.25) is 5.91 Å². The van der Waals surface area contributed by atoms with E-state index in [0.717, 1.165) is 37.2 Å². The molecule has 1 saturated carbocycles. The molecule has 0 radical (unpaired) electrons. The molecule has 3 N–H and O–H groups in total. The summed E-state index contributed by atoms with van der Waals surface area (Å²) in [5, 5.41) is 12.4. The molecular formula is C26H27N7O2. The van der Waals surface area contributed by atoms with Crippen LogP contribution in [0.15, 0.2) is 48.9 Å². The second kappa shape index (κ2) is 10.1. The van der Waals surface area contributed by atoms with Crippen molar-refractivity contribution in [3.8, 4) is 23.1 Å². The van der Waals surface area contributed by atoms with Gasteiger partial charge in [-0.25, -0.2) is 9.97 Å². The minimum atomic E-state index is -0.301. The number of nitrogens with two attached hydrogens (primary N) is 1. The number of nitrogens with zero attached hydrogens (tertiary/aromatic N) is 5. The molecule has 0 unspecified atom stereocenters. The number of nitriles is 1. The molecule has 178 valence electrons. The van der Waals surface area contributed by atoms with E-state index in [2.05, 4.69) is 38.4 Å². The molecule has 3 aromatic rings. The SMILES string of the molecule is N#Cc1ccnc(Nc2cc(C3CC3)cc(-c3cncc(OC4CCN(CC(N)=O)CC4)c3)n2)c1. The van der Waals surface area contributed by atoms with Crippen molar-refractivity contribution >= 4 is 17.5 Å². The van der Waals surface area contributed by atoms with E-state index in [-0.39, 0.29) is 12.0 Å². The summed E-state index contributed by atoms with van der Waals surface area (Å²) in [6.45, 7) is 1.85. The number of anilines is 2. The van der Waals surface area contributed by atoms with Gasteiger partial charge in [-0.3, -0.25) is 14.7 Å². The monoisotopic (exact) mass is 469 g/mol. The number of carbonyl (C=O) groups excluding carboxylic acids is 1. The Balaban J connectivity index is 1.33. The fourth-order valence-electron chi connectivity index (χ4n) is 4.34. The third kappa shape index (κ3) is 5.91. The molecule has 3 aromatic heterocycles. The van der Waals surface area contributed by atoms with E-state index in [1.54, 1.807) is 30.7 Å². The lowest BCUT2D eigenvalue weighted by atomic mass is 10.1. The minimum absolute atomic E-state index is 0.0673. The first-order valence-corrected chi connectivity index (χ1v) is 11.8. The van der Waals surface area contributed by atoms with Gasteiger partial charge in [0.15, 0.2) is 0 Å². The second-order valence-electron chi connectivity index (χ2n) is 9.08. The van der Waals surface area contributed by atoms with Crippen molar-refractivity contribution in [2.24, 2.45) is 5.73 Å². The number of hydrogen-bond acceptors (Lipinski definition) is 8. The fourth-order valence-corrected chi connectivity index (χ4v) is 4.34. The van der Waals surface area contributed by atoms with E-state index in [0.29, 0.717) is 35.4 Å². The summed E-state index contributed by atoms with van der Waals surface area (Å²) >= 11 is 0. The first-order valence-electron chi connectivity index (χ1n) is 11.8. The van der Waals surface area contributed by atoms with Crippen LogP contribution in [0, 0.1) is 11.3 Å². The number of hydrogen-bond donors (Lipinski definition) is 2. The fraction of sp³-hybridized carbons (Fsp3) is 0.346. The molecule has 9 nitrogen and oxygen atoms in total. The van der Waals surface area contributed by atoms with Crippen LogP contribution in [0.2, 0.25) is 0 Å². The van der Waals surface area contributed by atoms with Gasteiger partial charge in [0, 0.05) is 31.0 Å². The Labute approximate surface area is 204 Å². The maximum atomic E-state index is 11.2. The van der Waals surface area contributed by atoms with Crippen LogP contribution in [0.5, 0.6) is 5.75 Å². The summed E-state index contributed by atoms with van der Waals surface area (Å²) in [7, 11) is 0. The predicted octanol–water partition coefficient (Wildman–Crippen LogP) is 3.36. The quantitative estimate of drug-likeness (QED) is 0.514. The van der Waals surface area contributed by atoms with Crippen molar-refractivity contribution in [2.45, 2.75) is 37.7 Å². The lowest BCUT2D eigenvalue weighted by Crippen LogP contribution is -2.42. The molecule has 0 spiro atoms. The average molecular weight is 470 g/mol. The molecule has 1 aliphatic heterocycles. The number of rotatable bonds is 8. The van der Waals surface area contributed by atoms with Crippen LogP contribution in [0.25, 0.3) is 11.3 Å². The van der Waals surface area contributed by atoms with Gasteiger partial charge in [0.05, 0.1) is 30.1 Å². The van der Waals surface area contributed by atoms with Gasteiger partial charge < -0.3 is 15.8 Å². The van der Waals surface area contributed by atoms with E-state index < -0.39 is 0 Å². The number of ether oxygens (including phenoxy) is 1. The van der Waals surface area contributed by atoms with Gasteiger partial charge in [0.25, 0.3) is 0 Å². The van der Waals surface area contributed by atoms with Gasteiger partial charge in [-0.15, -0.1) is 0 Å². The van der Waals surface area contributed by atoms with Crippen LogP contribution in [-0.4, -0.2) is 51.5 Å². The third-order valence-corrected chi connectivity index (χ3v) is 6.27. The summed E-state index contributed by atoms with van der Waals surface area (Å²) in [6, 6.07) is 11.6. The van der Waals surface area contributed by atoms with Crippen LogP contribution >= 0.6 is 0 Å². The molecule has 5 rings (SSSR count). The predicted molar refractivity (Wildman–Crippen MR) is 131 cm³/mol. The van der Waals surface area contributed by atoms with Crippen molar-refractivity contribution in [1.82, 2.24) is 19.9 Å². The van der Waals surface area contributed by atoms with Gasteiger partial charge in [-0.1, -0.05) is 0 Å². The first-order chi connectivity index (χ1) is 17.1. The maximum absolute atomic E-state index is 11.2. The molecule has 0 bridgehead atoms. The molecule has 35 heavy (non-hydrogen) atoms. The summed E-state index contributed by atoms with van der Waals surface area (Å²) in [5.74, 6) is 2.19. The zero-order chi connectivity index (χ0) is 24.2. The molecule has 1 saturated heterocycles. The topological polar surface area (TPSA) is 130 Å². The summed E-state index contributed by atoms with van der Waals surface area (Å²) in [6.07, 6.45) is 9.18. The second-order valence-corrected chi connectivity index (χ2v) is 9.08. The van der Waals surface area contributed by atoms with E-state index >= 15 is 0 Å². The van der Waals surface area contributed by atoms with Crippen LogP contribution < -0.4 is 15.8 Å². The molecular weight excluding hydrogens is 442 g/mol. The zero-order valence-electron chi connectivity index (χ0n) is 19.4. The largest absolute Gasteiger partial charge is 0.489 e. The molecule has 2 fully saturated rings. The Hall–Kier alpha value is -4.03. The Kier molecular flexibility index (Phi) is 6.55. The van der Waals surface area contributed by atoms with Crippen LogP contribution in [0.3, 0.4) is 0 Å². The van der Waals surface area contributed by atoms with E-state index in [9.17, 15) is 10.1 Å². The third-order valence-electron chi connectivity index (χ3n) is 6.27. The molecule has 1 amide bonds. The number of piperidine rings is 1. The molecule has 2 aliphatic rings. The average Bonchev–Trinajstić information content (AvgIpc) is 3.71. The van der Waals surface area contributed by atoms with Crippen molar-refractivity contribution in [3.05, 3.63) is 60.0 Å². The zero-order valence-corrected chi connectivity index (χ0v) is 19.4. The van der Waals surface area contributed by atoms with Crippen molar-refractivity contribution < 1.29 is 9.53 Å². The lowest BCUT2D eigenvalue weighted by Gasteiger charge is -2.31. The number of primary amides is 1. The normalized spacial score (nSPS) is 16.4. The Morgan fingerprint density at radius 2 is 1.97 bits per heavy atom. The number of pyridine rings is 3. The molecule has 0 atom stereocenters. The van der Waals surface area contributed by atoms with Gasteiger partial charge in [-0.2, -0.15) is 5.26 Å². The molecule has 9 heteroatoms. The lowest BCUT2D eigenvalue weighted by molar-refractivity contribution is -0.119. The summed E-state index contributed by atoms with van der Waals surface area (Å²) < 4.78 is 6.22. The van der Waals surface area contributed by atoms with Crippen LogP contribution in [0.4, 0.5) is 11.6 Å². The van der Waals surface area contributed by atoms with Crippen molar-refractivity contribution in [3.63, 3.8) is 0 Å². The smallest absolute Gasteiger partial charge is 0.231 e. The summed E-state index contributed by atoms with van der Waals surface area (Å²) in [5.41, 5.74) is 8.75. The Morgan fingerprint density at radius 3 is 2.71 bits per heavy atom. The van der Waals surface area contributed by atoms with Gasteiger partial charge >= 0.3 is 0 Å². The molecule has 1 aliphatic carbocycles. The van der Waals surface area contributed by atoms with Crippen LogP contribution in [0.1, 0.15) is 42.7 Å². The standard InChI is InChI=1S/C26H27N7O2/c27-13-17-3-6-30-25(9-17)32-26-12-19(18-1-2-18)11-23(31-26)20-10-22(15-29-14-20)35-21-4-7-33(8-5-21)16-24(28)34/h3,6,9-12,14-15,18,21H,1-2,4-5,7-8,16H2,(H2,28,34)(H,30,31,32). The Bertz CT molecular complexity index is 1260. The minimum Gasteiger partial charge on any atom is -0.489 e. The number of carbonyl (C=O) groups is 1. The highest BCUT2D eigenvalue weighted by molar-refractivity contribution is 5.75. The van der Waals surface area contributed by atoms with E-state index in [4.69, 9.17) is 15.5 Å². The van der Waals surface area contributed by atoms with Crippen molar-refractivity contribution in [2.75, 3.05) is 25.0 Å². The van der Waals surface area contributed by atoms with Gasteiger partial charge in [0.1, 0.15) is 23.5 Å². The summed E-state index contributed by atoms with van der Waals surface area (Å²) in [4.78, 5) is 26.7. The van der Waals surface area contributed by atoms with Gasteiger partial charge in [-0.05, 0) is 67.5 Å². The molecule has 0 aromatic carbocycles.